The van der Waals surface area contributed by atoms with Crippen molar-refractivity contribution >= 4 is 11.7 Å². The summed E-state index contributed by atoms with van der Waals surface area (Å²) in [6.07, 6.45) is 3.92. The van der Waals surface area contributed by atoms with E-state index in [9.17, 15) is 9.59 Å². The molecule has 0 aromatic rings. The molecule has 0 radical (unpaired) electrons. The Kier molecular flexibility index (Phi) is 8.36. The third-order valence-corrected chi connectivity index (χ3v) is 9.78. The molecule has 6 heterocycles. The molecule has 0 aromatic carbocycles. The highest BCUT2D eigenvalue weighted by molar-refractivity contribution is 5.95. The van der Waals surface area contributed by atoms with Crippen molar-refractivity contribution in [2.24, 2.45) is 23.3 Å². The van der Waals surface area contributed by atoms with Crippen LogP contribution in [0.15, 0.2) is 12.0 Å². The lowest BCUT2D eigenvalue weighted by Crippen LogP contribution is -2.76. The van der Waals surface area contributed by atoms with Crippen LogP contribution in [0.4, 0.5) is 0 Å². The maximum Gasteiger partial charge on any atom is 0.226 e. The van der Waals surface area contributed by atoms with E-state index in [4.69, 9.17) is 30.5 Å². The lowest BCUT2D eigenvalue weighted by atomic mass is 9.89. The number of primary amides is 1. The number of ether oxygens (including phenoxy) is 3. The molecule has 234 valence electrons. The topological polar surface area (TPSA) is 202 Å². The van der Waals surface area contributed by atoms with Crippen LogP contribution in [-0.2, 0) is 28.6 Å². The number of hydroxylamine groups is 1. The SMILES string of the molecule is NC(=O)C1C(NC2CC(C3COC4C(=O)C=C(N5CCOCC5)OC43)NO2)NC(N[C@H]2CCCC[C@H]2N)N2CNNC12. The second kappa shape index (κ2) is 12.2. The third kappa shape index (κ3) is 5.54. The van der Waals surface area contributed by atoms with Crippen molar-refractivity contribution in [2.45, 2.75) is 87.3 Å². The van der Waals surface area contributed by atoms with Gasteiger partial charge in [0.25, 0.3) is 0 Å². The molecule has 6 aliphatic heterocycles. The molecule has 7 rings (SSSR count). The van der Waals surface area contributed by atoms with Crippen molar-refractivity contribution in [2.75, 3.05) is 39.6 Å². The Morgan fingerprint density at radius 2 is 1.98 bits per heavy atom. The Bertz CT molecular complexity index is 1050. The summed E-state index contributed by atoms with van der Waals surface area (Å²) < 4.78 is 17.7. The zero-order valence-corrected chi connectivity index (χ0v) is 23.7. The number of nitrogens with zero attached hydrogens (tertiary/aromatic N) is 2. The van der Waals surface area contributed by atoms with Gasteiger partial charge in [0.1, 0.15) is 18.6 Å². The molecule has 6 fully saturated rings. The van der Waals surface area contributed by atoms with E-state index in [1.54, 1.807) is 6.08 Å². The summed E-state index contributed by atoms with van der Waals surface area (Å²) in [4.78, 5) is 35.8. The molecule has 1 aliphatic carbocycles. The summed E-state index contributed by atoms with van der Waals surface area (Å²) in [5.74, 6) is -0.591. The zero-order valence-electron chi connectivity index (χ0n) is 23.7. The van der Waals surface area contributed by atoms with Crippen molar-refractivity contribution in [3.63, 3.8) is 0 Å². The lowest BCUT2D eigenvalue weighted by molar-refractivity contribution is -0.133. The highest BCUT2D eigenvalue weighted by atomic mass is 16.7. The maximum absolute atomic E-state index is 12.9. The monoisotopic (exact) mass is 592 g/mol. The zero-order chi connectivity index (χ0) is 28.8. The van der Waals surface area contributed by atoms with Crippen LogP contribution in [0.2, 0.25) is 0 Å². The van der Waals surface area contributed by atoms with Gasteiger partial charge in [0.05, 0.1) is 44.7 Å². The van der Waals surface area contributed by atoms with Gasteiger partial charge in [-0.1, -0.05) is 12.8 Å². The highest BCUT2D eigenvalue weighted by Gasteiger charge is 2.53. The number of carbonyl (C=O) groups excluding carboxylic acids is 2. The smallest absolute Gasteiger partial charge is 0.226 e. The van der Waals surface area contributed by atoms with Crippen LogP contribution in [0, 0.1) is 11.8 Å². The van der Waals surface area contributed by atoms with Crippen LogP contribution in [0.3, 0.4) is 0 Å². The molecule has 0 spiro atoms. The van der Waals surface area contributed by atoms with Crippen LogP contribution in [-0.4, -0.2) is 116 Å². The molecule has 1 saturated carbocycles. The molecule has 16 heteroatoms. The molecule has 9 unspecified atom stereocenters. The number of morpholine rings is 1. The molecule has 0 aromatic heterocycles. The number of hydrogen-bond acceptors (Lipinski definition) is 15. The summed E-state index contributed by atoms with van der Waals surface area (Å²) in [7, 11) is 0. The molecular weight excluding hydrogens is 548 g/mol. The van der Waals surface area contributed by atoms with Crippen molar-refractivity contribution in [3.05, 3.63) is 12.0 Å². The Morgan fingerprint density at radius 1 is 1.14 bits per heavy atom. The lowest BCUT2D eigenvalue weighted by Gasteiger charge is -2.48. The van der Waals surface area contributed by atoms with Gasteiger partial charge < -0.3 is 30.6 Å². The first-order valence-corrected chi connectivity index (χ1v) is 15.3. The van der Waals surface area contributed by atoms with E-state index in [0.717, 1.165) is 25.7 Å². The molecule has 1 amide bonds. The van der Waals surface area contributed by atoms with E-state index < -0.39 is 36.4 Å². The minimum atomic E-state index is -0.627. The molecule has 10 N–H and O–H groups in total. The number of hydrazine groups is 1. The molecule has 7 aliphatic rings. The average Bonchev–Trinajstić information content (AvgIpc) is 3.75. The van der Waals surface area contributed by atoms with Crippen molar-refractivity contribution in [1.29, 1.82) is 0 Å². The van der Waals surface area contributed by atoms with Crippen molar-refractivity contribution < 1.29 is 28.6 Å². The van der Waals surface area contributed by atoms with E-state index in [1.165, 1.54) is 0 Å². The predicted molar refractivity (Wildman–Crippen MR) is 147 cm³/mol. The fraction of sp³-hybridized carbons (Fsp3) is 0.846. The number of amides is 1. The first-order valence-electron chi connectivity index (χ1n) is 15.3. The van der Waals surface area contributed by atoms with Gasteiger partial charge in [-0.05, 0) is 12.8 Å². The first kappa shape index (κ1) is 28.8. The second-order valence-corrected chi connectivity index (χ2v) is 12.4. The summed E-state index contributed by atoms with van der Waals surface area (Å²) in [5.41, 5.74) is 21.9. The van der Waals surface area contributed by atoms with E-state index >= 15 is 0 Å². The Labute approximate surface area is 244 Å². The van der Waals surface area contributed by atoms with Gasteiger partial charge in [0, 0.05) is 49.6 Å². The molecule has 11 atom stereocenters. The quantitative estimate of drug-likeness (QED) is 0.143. The minimum Gasteiger partial charge on any atom is -0.472 e. The molecule has 16 nitrogen and oxygen atoms in total. The second-order valence-electron chi connectivity index (χ2n) is 12.4. The van der Waals surface area contributed by atoms with Crippen LogP contribution in [0.5, 0.6) is 0 Å². The van der Waals surface area contributed by atoms with Gasteiger partial charge >= 0.3 is 0 Å². The van der Waals surface area contributed by atoms with E-state index in [-0.39, 0.29) is 42.3 Å². The summed E-state index contributed by atoms with van der Waals surface area (Å²) in [6.45, 7) is 3.48. The summed E-state index contributed by atoms with van der Waals surface area (Å²) in [6, 6.07) is 0.125. The van der Waals surface area contributed by atoms with Gasteiger partial charge in [0.15, 0.2) is 17.8 Å². The molecular formula is C26H44N10O6. The Hall–Kier alpha value is -1.96. The number of nitrogens with one attached hydrogen (secondary N) is 6. The molecule has 42 heavy (non-hydrogen) atoms. The number of carbonyl (C=O) groups is 2. The number of ketones is 1. The standard InChI is InChI=1S/C26H44N10O6/c27-14-3-1-2-4-15(14)30-26-32-24(20(23(28)38)25-33-29-12-36(25)26)31-18-9-16(34-42-18)13-11-40-22-17(37)10-19(41-21(13)22)35-5-7-39-8-6-35/h10,13-16,18,20-22,24-26,29-34H,1-9,11-12,27H2,(H2,28,38)/t13?,14-,15+,16?,18?,20?,21?,22?,24?,25?,26?/m1/s1. The van der Waals surface area contributed by atoms with Crippen LogP contribution < -0.4 is 43.7 Å². The van der Waals surface area contributed by atoms with Gasteiger partial charge in [-0.25, -0.2) is 15.8 Å². The van der Waals surface area contributed by atoms with Crippen LogP contribution in [0.1, 0.15) is 32.1 Å². The first-order chi connectivity index (χ1) is 20.5. The van der Waals surface area contributed by atoms with E-state index in [2.05, 4.69) is 42.1 Å². The Morgan fingerprint density at radius 3 is 2.79 bits per heavy atom. The third-order valence-electron chi connectivity index (χ3n) is 9.78. The van der Waals surface area contributed by atoms with Gasteiger partial charge in [0.2, 0.25) is 5.91 Å². The predicted octanol–water partition coefficient (Wildman–Crippen LogP) is -3.78. The number of nitrogens with two attached hydrogens (primary N) is 2. The fourth-order valence-electron chi connectivity index (χ4n) is 7.46. The highest BCUT2D eigenvalue weighted by Crippen LogP contribution is 2.36. The molecule has 5 saturated heterocycles. The van der Waals surface area contributed by atoms with E-state index in [1.807, 2.05) is 0 Å². The van der Waals surface area contributed by atoms with E-state index in [0.29, 0.717) is 51.9 Å². The number of hydrogen-bond donors (Lipinski definition) is 8. The van der Waals surface area contributed by atoms with Gasteiger partial charge in [-0.3, -0.25) is 30.4 Å². The number of rotatable bonds is 7. The minimum absolute atomic E-state index is 0.0713. The normalized spacial score (nSPS) is 44.4. The Balaban J connectivity index is 1.01. The number of fused-ring (bicyclic) bond motifs is 2. The summed E-state index contributed by atoms with van der Waals surface area (Å²) in [5, 5.41) is 10.8. The van der Waals surface area contributed by atoms with Crippen molar-refractivity contribution in [3.8, 4) is 0 Å². The fourth-order valence-corrected chi connectivity index (χ4v) is 7.46. The van der Waals surface area contributed by atoms with Crippen LogP contribution >= 0.6 is 0 Å². The van der Waals surface area contributed by atoms with Crippen molar-refractivity contribution in [1.82, 2.24) is 42.1 Å². The average molecular weight is 593 g/mol. The largest absolute Gasteiger partial charge is 0.472 e. The summed E-state index contributed by atoms with van der Waals surface area (Å²) >= 11 is 0. The molecule has 0 bridgehead atoms. The van der Waals surface area contributed by atoms with Gasteiger partial charge in [-0.2, -0.15) is 5.48 Å². The maximum atomic E-state index is 12.9. The van der Waals surface area contributed by atoms with Crippen LogP contribution in [0.25, 0.3) is 0 Å². The van der Waals surface area contributed by atoms with Gasteiger partial charge in [-0.15, -0.1) is 0 Å².